The fraction of sp³-hybridized carbons (Fsp3) is 0.268. The molecule has 0 bridgehead atoms. The third-order valence-electron chi connectivity index (χ3n) is 9.26. The van der Waals surface area contributed by atoms with E-state index in [0.717, 1.165) is 45.5 Å². The molecule has 0 radical (unpaired) electrons. The number of nitrogens with one attached hydrogen (secondary N) is 2. The molecule has 1 amide bonds. The standard InChI is InChI=1S/C38H40F3N6O2.C2HF3O2.CO2.2ClH.Pt/c1-3-33(44)37(49)45-19-21-47(2,38(39,40)41)20-7-10-35(48)26-13-11-25(12-14-26)24-46-34-23-29(43)16-18-31(34)30-17-15-28(42)22-32(30)36(46)27-8-5-4-6-9-27;3-2(4,5)1(6)7;2-1-3;;;/h4-6,8-9,11-18,22-23,33,43-44H,1,3,7,10,19-21,24,42H2,2H3,(H,45,49);(H,6,7);;2*1H;/q-1;;;;;+4/p-1. The van der Waals surface area contributed by atoms with E-state index in [0.29, 0.717) is 23.5 Å². The van der Waals surface area contributed by atoms with Crippen LogP contribution in [0.2, 0.25) is 0 Å². The normalized spacial score (nSPS) is 12.6. The molecule has 0 aliphatic heterocycles. The summed E-state index contributed by atoms with van der Waals surface area (Å²) in [4.78, 5) is 50.1. The van der Waals surface area contributed by atoms with Crippen LogP contribution in [0, 0.1) is 6.92 Å². The third-order valence-corrected chi connectivity index (χ3v) is 9.26. The fourth-order valence-electron chi connectivity index (χ4n) is 6.09. The number of aromatic nitrogens is 1. The average molecular weight is 1090 g/mol. The molecule has 1 aromatic heterocycles. The number of nitrogen functional groups attached to an aromatic ring is 2. The Morgan fingerprint density at radius 3 is 1.94 bits per heavy atom. The van der Waals surface area contributed by atoms with E-state index in [1.165, 1.54) is 0 Å². The minimum atomic E-state index is -5.08. The van der Waals surface area contributed by atoms with Gasteiger partial charge in [-0.05, 0) is 36.4 Å². The number of carboxylic acid groups (broad SMARTS) is 1. The number of quaternary nitrogens is 1. The maximum absolute atomic E-state index is 14.0. The van der Waals surface area contributed by atoms with Gasteiger partial charge in [0.25, 0.3) is 0 Å². The Kier molecular flexibility index (Phi) is 21.0. The van der Waals surface area contributed by atoms with Gasteiger partial charge in [-0.2, -0.15) is 33.7 Å². The fourth-order valence-corrected chi connectivity index (χ4v) is 6.09. The number of hydrogen-bond acceptors (Lipinski definition) is 7. The molecule has 7 N–H and O–H groups in total. The molecule has 0 aliphatic rings. The van der Waals surface area contributed by atoms with Gasteiger partial charge in [-0.25, -0.2) is 9.28 Å². The number of ketones is 1. The van der Waals surface area contributed by atoms with Crippen molar-refractivity contribution in [2.45, 2.75) is 44.3 Å². The van der Waals surface area contributed by atoms with Crippen LogP contribution in [0.4, 0.5) is 37.7 Å². The van der Waals surface area contributed by atoms with Crippen LogP contribution in [-0.4, -0.2) is 78.6 Å². The molecule has 62 heavy (non-hydrogen) atoms. The van der Waals surface area contributed by atoms with E-state index in [4.69, 9.17) is 55.5 Å². The summed E-state index contributed by atoms with van der Waals surface area (Å²) in [7, 11) is 10.8. The van der Waals surface area contributed by atoms with Crippen LogP contribution in [0.15, 0.2) is 91.0 Å². The number of fused-ring (bicyclic) bond motifs is 3. The first-order valence-electron chi connectivity index (χ1n) is 18.0. The summed E-state index contributed by atoms with van der Waals surface area (Å²) in [6, 6.07) is 27.7. The first-order valence-corrected chi connectivity index (χ1v) is 23.6. The number of Topliss-reactive ketones (excluding diaryl/α,β-unsaturated/α-hetero) is 1. The van der Waals surface area contributed by atoms with Gasteiger partial charge in [-0.1, -0.05) is 54.6 Å². The van der Waals surface area contributed by atoms with E-state index in [1.54, 1.807) is 12.1 Å². The number of nitrogens with two attached hydrogens (primary N) is 2. The number of nitrogens with zero attached hydrogens (tertiary/aromatic N) is 2. The summed E-state index contributed by atoms with van der Waals surface area (Å²) in [5.41, 5.74) is 25.6. The van der Waals surface area contributed by atoms with Crippen molar-refractivity contribution in [1.29, 1.82) is 0 Å². The van der Waals surface area contributed by atoms with Crippen molar-refractivity contribution in [2.75, 3.05) is 38.1 Å². The van der Waals surface area contributed by atoms with E-state index < -0.39 is 57.9 Å². The van der Waals surface area contributed by atoms with E-state index >= 15 is 0 Å². The van der Waals surface area contributed by atoms with Crippen molar-refractivity contribution in [3.63, 3.8) is 0 Å². The molecule has 4 aromatic carbocycles. The number of halogens is 8. The summed E-state index contributed by atoms with van der Waals surface area (Å²) in [5, 5.41) is 12.6. The molecule has 2 atom stereocenters. The van der Waals surface area contributed by atoms with E-state index in [1.807, 2.05) is 78.9 Å². The maximum atomic E-state index is 14.0. The molecule has 0 saturated carbocycles. The molecule has 0 saturated heterocycles. The van der Waals surface area contributed by atoms with Crippen molar-refractivity contribution in [3.05, 3.63) is 115 Å². The van der Waals surface area contributed by atoms with Crippen LogP contribution in [-0.2, 0) is 42.2 Å². The summed E-state index contributed by atoms with van der Waals surface area (Å²) < 4.78 is 74.6. The number of carbonyl (C=O) groups excluding carboxylic acids is 4. The molecular weight excluding hydrogens is 1050 g/mol. The van der Waals surface area contributed by atoms with Crippen molar-refractivity contribution in [2.24, 2.45) is 0 Å². The Bertz CT molecular complexity index is 2320. The van der Waals surface area contributed by atoms with Gasteiger partial charge >= 0.3 is 59.9 Å². The summed E-state index contributed by atoms with van der Waals surface area (Å²) >= 11 is -0.472. The van der Waals surface area contributed by atoms with E-state index in [-0.39, 0.29) is 44.3 Å². The van der Waals surface area contributed by atoms with Crippen LogP contribution in [0.1, 0.15) is 35.2 Å². The number of rotatable bonds is 13. The second-order valence-corrected chi connectivity index (χ2v) is 16.8. The first-order chi connectivity index (χ1) is 29.1. The van der Waals surface area contributed by atoms with Crippen LogP contribution < -0.4 is 21.4 Å². The Balaban J connectivity index is 0.000000893. The molecule has 5 aromatic rings. The number of carboxylic acids is 1. The molecular formula is C41H42Cl2F6N6O6Pt+2. The summed E-state index contributed by atoms with van der Waals surface area (Å²) in [6.07, 6.45) is -9.44. The molecule has 1 heterocycles. The van der Waals surface area contributed by atoms with Gasteiger partial charge < -0.3 is 34.5 Å². The van der Waals surface area contributed by atoms with Crippen molar-refractivity contribution < 1.29 is 81.0 Å². The van der Waals surface area contributed by atoms with Gasteiger partial charge in [0.1, 0.15) is 6.54 Å². The predicted molar refractivity (Wildman–Crippen MR) is 218 cm³/mol. The zero-order valence-electron chi connectivity index (χ0n) is 32.8. The topological polar surface area (TPSA) is 197 Å². The summed E-state index contributed by atoms with van der Waals surface area (Å²) in [6.45, 7) is 2.95. The molecule has 0 spiro atoms. The number of pyridine rings is 1. The molecule has 0 aliphatic carbocycles. The molecule has 21 heteroatoms. The number of amides is 1. The van der Waals surface area contributed by atoms with E-state index in [9.17, 15) is 35.9 Å². The Labute approximate surface area is 368 Å². The number of aliphatic carboxylic acids is 1. The van der Waals surface area contributed by atoms with Crippen molar-refractivity contribution in [1.82, 2.24) is 5.32 Å². The predicted octanol–water partition coefficient (Wildman–Crippen LogP) is 8.28. The van der Waals surface area contributed by atoms with Crippen LogP contribution in [0.5, 0.6) is 0 Å². The van der Waals surface area contributed by atoms with E-state index in [2.05, 4.69) is 16.8 Å². The van der Waals surface area contributed by atoms with Gasteiger partial charge in [0.05, 0.1) is 30.9 Å². The van der Waals surface area contributed by atoms with Crippen LogP contribution in [0.25, 0.3) is 38.7 Å². The average Bonchev–Trinajstić information content (AvgIpc) is 3.21. The van der Waals surface area contributed by atoms with Gasteiger partial charge in [0, 0.05) is 52.4 Å². The van der Waals surface area contributed by atoms with Crippen molar-refractivity contribution >= 4 is 75.7 Å². The third kappa shape index (κ3) is 15.4. The molecule has 5 rings (SSSR count). The van der Waals surface area contributed by atoms with Crippen LogP contribution >= 0.6 is 18.8 Å². The second kappa shape index (κ2) is 24.5. The number of anilines is 2. The Morgan fingerprint density at radius 1 is 0.887 bits per heavy atom. The van der Waals surface area contributed by atoms with Gasteiger partial charge in [0.2, 0.25) is 11.2 Å². The number of carbonyl (C=O) groups is 3. The van der Waals surface area contributed by atoms with Gasteiger partial charge in [-0.3, -0.25) is 9.59 Å². The molecule has 2 unspecified atom stereocenters. The summed E-state index contributed by atoms with van der Waals surface area (Å²) in [5.74, 6) is -3.66. The molecule has 12 nitrogen and oxygen atoms in total. The zero-order valence-corrected chi connectivity index (χ0v) is 36.6. The molecule has 336 valence electrons. The van der Waals surface area contributed by atoms with Gasteiger partial charge in [-0.15, -0.1) is 13.2 Å². The molecule has 0 fully saturated rings. The quantitative estimate of drug-likeness (QED) is 0.0132. The Hall–Kier alpha value is -5.09. The number of alkyl halides is 6. The second-order valence-electron chi connectivity index (χ2n) is 13.5. The van der Waals surface area contributed by atoms with Gasteiger partial charge in [0.15, 0.2) is 18.2 Å². The monoisotopic (exact) mass is 1090 g/mol. The minimum absolute atomic E-state index is 0.00834. The van der Waals surface area contributed by atoms with Crippen LogP contribution in [0.3, 0.4) is 0 Å². The number of likely N-dealkylation sites (N-methyl/N-ethyl adjacent to an activating group) is 1. The first kappa shape index (κ1) is 53.0. The Morgan fingerprint density at radius 2 is 1.42 bits per heavy atom. The zero-order chi connectivity index (χ0) is 46.8. The SMILES string of the molecule is O=C(O)C(F)(F)F.O=C=O.[CH2-]CC([NH-])C(=O)NCC[N+](C)(CCCC(=O)c1ccc(C[n+]2c(-c3ccccc3)c3cc(N)ccc3c3ccc(N)cc32)cc1)C(F)(F)F.[Cl][Pt+2][Cl]. The number of hydrogen-bond donors (Lipinski definition) is 4. The number of benzene rings is 4. The van der Waals surface area contributed by atoms with Crippen molar-refractivity contribution in [3.8, 4) is 11.3 Å².